The Morgan fingerprint density at radius 2 is 2.04 bits per heavy atom. The largest absolute Gasteiger partial charge is 0.364 e. The smallest absolute Gasteiger partial charge is 0.259 e. The molecule has 24 heavy (non-hydrogen) atoms. The lowest BCUT2D eigenvalue weighted by Crippen LogP contribution is -2.55. The minimum Gasteiger partial charge on any atom is -0.364 e. The monoisotopic (exact) mass is 334 g/mol. The van der Waals surface area contributed by atoms with Gasteiger partial charge >= 0.3 is 0 Å². The number of aryl methyl sites for hydroxylation is 1. The maximum absolute atomic E-state index is 12.6. The molecule has 0 aromatic carbocycles. The summed E-state index contributed by atoms with van der Waals surface area (Å²) in [5, 5.41) is 3.79. The summed E-state index contributed by atoms with van der Waals surface area (Å²) < 4.78 is 4.88. The van der Waals surface area contributed by atoms with Gasteiger partial charge in [-0.05, 0) is 40.3 Å². The van der Waals surface area contributed by atoms with Crippen LogP contribution >= 0.6 is 0 Å². The number of carbonyl (C=O) groups is 2. The Kier molecular flexibility index (Phi) is 4.62. The molecule has 0 radical (unpaired) electrons. The molecule has 1 aromatic heterocycles. The van der Waals surface area contributed by atoms with Gasteiger partial charge in [-0.15, -0.1) is 0 Å². The summed E-state index contributed by atoms with van der Waals surface area (Å²) in [6.45, 7) is 4.77. The Hall–Kier alpha value is -1.89. The van der Waals surface area contributed by atoms with Crippen LogP contribution in [0, 0.1) is 6.92 Å². The van der Waals surface area contributed by atoms with Crippen LogP contribution in [0.2, 0.25) is 0 Å². The number of amides is 2. The highest BCUT2D eigenvalue weighted by Gasteiger charge is 2.47. The summed E-state index contributed by atoms with van der Waals surface area (Å²) in [5.74, 6) is 0.235. The maximum atomic E-state index is 12.6. The molecule has 132 valence electrons. The lowest BCUT2D eigenvalue weighted by atomic mass is 9.84. The van der Waals surface area contributed by atoms with Gasteiger partial charge in [-0.2, -0.15) is 0 Å². The number of piperidine rings is 1. The Morgan fingerprint density at radius 1 is 1.33 bits per heavy atom. The minimum atomic E-state index is -0.0619. The summed E-state index contributed by atoms with van der Waals surface area (Å²) in [4.78, 5) is 30.9. The van der Waals surface area contributed by atoms with Gasteiger partial charge in [0, 0.05) is 38.1 Å². The predicted molar refractivity (Wildman–Crippen MR) is 88.6 cm³/mol. The van der Waals surface area contributed by atoms with Gasteiger partial charge < -0.3 is 19.2 Å². The molecule has 1 aromatic rings. The number of likely N-dealkylation sites (N-methyl/N-ethyl adjacent to an activating group) is 1. The summed E-state index contributed by atoms with van der Waals surface area (Å²) in [6.07, 6.45) is 4.66. The minimum absolute atomic E-state index is 0.0206. The van der Waals surface area contributed by atoms with Crippen LogP contribution in [-0.2, 0) is 4.79 Å². The predicted octanol–water partition coefficient (Wildman–Crippen LogP) is 1.14. The topological polar surface area (TPSA) is 69.9 Å². The molecular weight excluding hydrogens is 308 g/mol. The van der Waals surface area contributed by atoms with Crippen molar-refractivity contribution >= 4 is 11.8 Å². The van der Waals surface area contributed by atoms with Gasteiger partial charge in [-0.25, -0.2) is 0 Å². The number of nitrogens with zero attached hydrogens (tertiary/aromatic N) is 4. The van der Waals surface area contributed by atoms with Crippen molar-refractivity contribution in [2.75, 3.05) is 40.3 Å². The van der Waals surface area contributed by atoms with E-state index < -0.39 is 0 Å². The van der Waals surface area contributed by atoms with Crippen molar-refractivity contribution in [3.05, 3.63) is 17.5 Å². The lowest BCUT2D eigenvalue weighted by molar-refractivity contribution is -0.132. The molecule has 0 atom stereocenters. The van der Waals surface area contributed by atoms with Gasteiger partial charge in [-0.3, -0.25) is 9.59 Å². The van der Waals surface area contributed by atoms with E-state index in [1.165, 1.54) is 6.26 Å². The van der Waals surface area contributed by atoms with Crippen molar-refractivity contribution in [3.8, 4) is 0 Å². The second-order valence-corrected chi connectivity index (χ2v) is 7.18. The second kappa shape index (κ2) is 6.55. The first-order chi connectivity index (χ1) is 11.4. The molecule has 2 saturated heterocycles. The molecule has 7 nitrogen and oxygen atoms in total. The van der Waals surface area contributed by atoms with Gasteiger partial charge in [0.05, 0.1) is 5.69 Å². The van der Waals surface area contributed by atoms with Crippen LogP contribution < -0.4 is 0 Å². The third kappa shape index (κ3) is 3.05. The molecule has 7 heteroatoms. The molecule has 0 saturated carbocycles. The molecular formula is C17H26N4O3. The number of hydrogen-bond acceptors (Lipinski definition) is 5. The fraction of sp³-hybridized carbons (Fsp3) is 0.706. The first-order valence-corrected chi connectivity index (χ1v) is 8.58. The molecule has 3 heterocycles. The molecule has 2 amide bonds. The number of rotatable bonds is 4. The first-order valence-electron chi connectivity index (χ1n) is 8.58. The molecule has 3 rings (SSSR count). The van der Waals surface area contributed by atoms with Gasteiger partial charge in [0.1, 0.15) is 11.8 Å². The fourth-order valence-corrected chi connectivity index (χ4v) is 3.85. The number of hydrogen-bond donors (Lipinski definition) is 0. The molecule has 0 N–H and O–H groups in total. The highest BCUT2D eigenvalue weighted by atomic mass is 16.5. The van der Waals surface area contributed by atoms with Crippen LogP contribution in [0.4, 0.5) is 0 Å². The van der Waals surface area contributed by atoms with Crippen LogP contribution in [0.15, 0.2) is 10.8 Å². The molecule has 0 aliphatic carbocycles. The van der Waals surface area contributed by atoms with E-state index in [1.54, 1.807) is 6.92 Å². The summed E-state index contributed by atoms with van der Waals surface area (Å²) in [7, 11) is 4.05. The quantitative estimate of drug-likeness (QED) is 0.826. The Bertz CT molecular complexity index is 617. The van der Waals surface area contributed by atoms with Crippen LogP contribution in [0.3, 0.4) is 0 Å². The second-order valence-electron chi connectivity index (χ2n) is 7.18. The maximum Gasteiger partial charge on any atom is 0.259 e. The van der Waals surface area contributed by atoms with Gasteiger partial charge in [0.15, 0.2) is 0 Å². The van der Waals surface area contributed by atoms with Crippen molar-refractivity contribution in [3.63, 3.8) is 0 Å². The molecule has 2 aliphatic heterocycles. The Morgan fingerprint density at radius 3 is 2.62 bits per heavy atom. The van der Waals surface area contributed by atoms with Gasteiger partial charge in [-0.1, -0.05) is 5.16 Å². The molecule has 0 unspecified atom stereocenters. The fourth-order valence-electron chi connectivity index (χ4n) is 3.85. The highest BCUT2D eigenvalue weighted by Crippen LogP contribution is 2.39. The third-order valence-corrected chi connectivity index (χ3v) is 5.41. The van der Waals surface area contributed by atoms with Crippen molar-refractivity contribution in [1.29, 1.82) is 0 Å². The van der Waals surface area contributed by atoms with E-state index in [4.69, 9.17) is 4.52 Å². The highest BCUT2D eigenvalue weighted by molar-refractivity contribution is 5.95. The normalized spacial score (nSPS) is 20.4. The first kappa shape index (κ1) is 17.0. The average molecular weight is 334 g/mol. The molecule has 0 bridgehead atoms. The molecule has 1 spiro atoms. The van der Waals surface area contributed by atoms with Crippen molar-refractivity contribution in [1.82, 2.24) is 19.9 Å². The van der Waals surface area contributed by atoms with Crippen LogP contribution in [-0.4, -0.2) is 77.5 Å². The van der Waals surface area contributed by atoms with E-state index in [0.717, 1.165) is 32.4 Å². The molecule has 2 fully saturated rings. The summed E-state index contributed by atoms with van der Waals surface area (Å²) >= 11 is 0. The summed E-state index contributed by atoms with van der Waals surface area (Å²) in [6, 6.07) is 0. The number of likely N-dealkylation sites (tertiary alicyclic amines) is 2. The average Bonchev–Trinajstić information content (AvgIpc) is 3.10. The van der Waals surface area contributed by atoms with Gasteiger partial charge in [0.25, 0.3) is 5.91 Å². The van der Waals surface area contributed by atoms with Crippen molar-refractivity contribution in [2.45, 2.75) is 38.1 Å². The van der Waals surface area contributed by atoms with E-state index in [2.05, 4.69) is 15.0 Å². The Balaban J connectivity index is 1.66. The number of carbonyl (C=O) groups excluding carboxylic acids is 2. The zero-order valence-corrected chi connectivity index (χ0v) is 14.7. The standard InChI is InChI=1S/C17H26N4O3/c1-13-14(12-24-18-13)16(23)20-8-6-17(7-9-20)5-4-15(22)21(17)11-10-19(2)3/h12H,4-11H2,1-3H3. The van der Waals surface area contributed by atoms with E-state index in [0.29, 0.717) is 30.8 Å². The molecule has 2 aliphatic rings. The van der Waals surface area contributed by atoms with Crippen LogP contribution in [0.5, 0.6) is 0 Å². The van der Waals surface area contributed by atoms with E-state index in [9.17, 15) is 9.59 Å². The van der Waals surface area contributed by atoms with Crippen molar-refractivity contribution in [2.24, 2.45) is 0 Å². The lowest BCUT2D eigenvalue weighted by Gasteiger charge is -2.45. The van der Waals surface area contributed by atoms with Crippen LogP contribution in [0.1, 0.15) is 41.7 Å². The van der Waals surface area contributed by atoms with E-state index >= 15 is 0 Å². The van der Waals surface area contributed by atoms with Gasteiger partial charge in [0.2, 0.25) is 5.91 Å². The van der Waals surface area contributed by atoms with Crippen LogP contribution in [0.25, 0.3) is 0 Å². The SMILES string of the molecule is Cc1nocc1C(=O)N1CCC2(CCC(=O)N2CCN(C)C)CC1. The number of aromatic nitrogens is 1. The third-order valence-electron chi connectivity index (χ3n) is 5.41. The van der Waals surface area contributed by atoms with Crippen molar-refractivity contribution < 1.29 is 14.1 Å². The zero-order chi connectivity index (χ0) is 17.3. The van der Waals surface area contributed by atoms with E-state index in [-0.39, 0.29) is 17.4 Å². The Labute approximate surface area is 142 Å². The summed E-state index contributed by atoms with van der Waals surface area (Å²) in [5.41, 5.74) is 1.11. The van der Waals surface area contributed by atoms with E-state index in [1.807, 2.05) is 19.0 Å². The zero-order valence-electron chi connectivity index (χ0n) is 14.7.